The maximum absolute atomic E-state index is 12.5. The highest BCUT2D eigenvalue weighted by atomic mass is 16.5. The summed E-state index contributed by atoms with van der Waals surface area (Å²) >= 11 is 0. The Morgan fingerprint density at radius 1 is 1.12 bits per heavy atom. The molecule has 0 saturated heterocycles. The Labute approximate surface area is 153 Å². The second-order valence-electron chi connectivity index (χ2n) is 6.27. The second kappa shape index (κ2) is 8.04. The summed E-state index contributed by atoms with van der Waals surface area (Å²) in [6, 6.07) is 11.2. The number of carbonyl (C=O) groups is 1. The molecule has 1 unspecified atom stereocenters. The molecule has 1 N–H and O–H groups in total. The summed E-state index contributed by atoms with van der Waals surface area (Å²) < 4.78 is 11.6. The number of fused-ring (bicyclic) bond motifs is 1. The van der Waals surface area contributed by atoms with Crippen molar-refractivity contribution in [3.8, 4) is 5.75 Å². The molecule has 136 valence electrons. The van der Waals surface area contributed by atoms with Crippen LogP contribution in [-0.4, -0.2) is 22.0 Å². The molecule has 2 heterocycles. The molecule has 1 aromatic carbocycles. The van der Waals surface area contributed by atoms with Crippen molar-refractivity contribution in [2.24, 2.45) is 0 Å². The zero-order valence-electron chi connectivity index (χ0n) is 15.4. The molecule has 5 nitrogen and oxygen atoms in total. The molecule has 0 aliphatic heterocycles. The van der Waals surface area contributed by atoms with Gasteiger partial charge in [-0.2, -0.15) is 0 Å². The number of nitrogens with one attached hydrogen (secondary N) is 1. The van der Waals surface area contributed by atoms with Gasteiger partial charge in [0.1, 0.15) is 17.5 Å². The van der Waals surface area contributed by atoms with E-state index in [0.717, 1.165) is 29.5 Å². The SMILES string of the molecule is CCC(CC)Oc1ccc(C(C)OC(=O)c2ccnc3[nH]ccc23)cc1. The van der Waals surface area contributed by atoms with Crippen LogP contribution in [-0.2, 0) is 4.74 Å². The molecule has 0 amide bonds. The molecule has 0 fully saturated rings. The molecule has 0 aliphatic carbocycles. The number of ether oxygens (including phenoxy) is 2. The summed E-state index contributed by atoms with van der Waals surface area (Å²) in [6.45, 7) is 6.10. The van der Waals surface area contributed by atoms with E-state index in [4.69, 9.17) is 9.47 Å². The van der Waals surface area contributed by atoms with Crippen LogP contribution in [0.4, 0.5) is 0 Å². The van der Waals surface area contributed by atoms with Crippen molar-refractivity contribution in [3.63, 3.8) is 0 Å². The van der Waals surface area contributed by atoms with E-state index < -0.39 is 0 Å². The van der Waals surface area contributed by atoms with Crippen molar-refractivity contribution in [1.29, 1.82) is 0 Å². The molecular weight excluding hydrogens is 328 g/mol. The number of rotatable bonds is 7. The first-order valence-electron chi connectivity index (χ1n) is 9.02. The van der Waals surface area contributed by atoms with Gasteiger partial charge in [0.25, 0.3) is 0 Å². The van der Waals surface area contributed by atoms with Gasteiger partial charge in [-0.25, -0.2) is 9.78 Å². The Bertz CT molecular complexity index is 866. The Morgan fingerprint density at radius 2 is 1.85 bits per heavy atom. The van der Waals surface area contributed by atoms with Crippen molar-refractivity contribution in [1.82, 2.24) is 9.97 Å². The highest BCUT2D eigenvalue weighted by Gasteiger charge is 2.17. The van der Waals surface area contributed by atoms with Crippen LogP contribution in [0.2, 0.25) is 0 Å². The van der Waals surface area contributed by atoms with Crippen molar-refractivity contribution >= 4 is 17.0 Å². The molecule has 3 aromatic rings. The molecule has 26 heavy (non-hydrogen) atoms. The van der Waals surface area contributed by atoms with Gasteiger partial charge in [0.2, 0.25) is 0 Å². The Hall–Kier alpha value is -2.82. The van der Waals surface area contributed by atoms with Crippen LogP contribution < -0.4 is 4.74 Å². The Balaban J connectivity index is 1.68. The number of hydrogen-bond acceptors (Lipinski definition) is 4. The molecular formula is C21H24N2O3. The average molecular weight is 352 g/mol. The lowest BCUT2D eigenvalue weighted by Gasteiger charge is -2.17. The normalized spacial score (nSPS) is 12.3. The van der Waals surface area contributed by atoms with Gasteiger partial charge in [-0.3, -0.25) is 0 Å². The van der Waals surface area contributed by atoms with Crippen LogP contribution in [0.15, 0.2) is 48.8 Å². The van der Waals surface area contributed by atoms with Gasteiger partial charge in [0.05, 0.1) is 11.7 Å². The Kier molecular flexibility index (Phi) is 5.56. The number of pyridine rings is 1. The number of esters is 1. The minimum atomic E-state index is -0.359. The van der Waals surface area contributed by atoms with Gasteiger partial charge in [0.15, 0.2) is 0 Å². The quantitative estimate of drug-likeness (QED) is 0.605. The van der Waals surface area contributed by atoms with E-state index in [9.17, 15) is 4.79 Å². The van der Waals surface area contributed by atoms with Crippen molar-refractivity contribution in [2.45, 2.75) is 45.8 Å². The van der Waals surface area contributed by atoms with Crippen LogP contribution >= 0.6 is 0 Å². The van der Waals surface area contributed by atoms with E-state index >= 15 is 0 Å². The predicted molar refractivity (Wildman–Crippen MR) is 101 cm³/mol. The molecule has 0 aliphatic rings. The fraction of sp³-hybridized carbons (Fsp3) is 0.333. The van der Waals surface area contributed by atoms with E-state index in [1.54, 1.807) is 18.5 Å². The fourth-order valence-corrected chi connectivity index (χ4v) is 2.90. The predicted octanol–water partition coefficient (Wildman–Crippen LogP) is 5.05. The molecule has 1 atom stereocenters. The smallest absolute Gasteiger partial charge is 0.339 e. The van der Waals surface area contributed by atoms with Crippen LogP contribution in [0, 0.1) is 0 Å². The first-order chi connectivity index (χ1) is 12.6. The molecule has 5 heteroatoms. The van der Waals surface area contributed by atoms with Crippen LogP contribution in [0.1, 0.15) is 55.6 Å². The number of H-pyrrole nitrogens is 1. The topological polar surface area (TPSA) is 64.2 Å². The summed E-state index contributed by atoms with van der Waals surface area (Å²) in [6.07, 6.45) is 5.19. The van der Waals surface area contributed by atoms with Crippen molar-refractivity contribution in [2.75, 3.05) is 0 Å². The van der Waals surface area contributed by atoms with Crippen LogP contribution in [0.25, 0.3) is 11.0 Å². The molecule has 0 bridgehead atoms. The monoisotopic (exact) mass is 352 g/mol. The summed E-state index contributed by atoms with van der Waals surface area (Å²) in [5.74, 6) is 0.478. The van der Waals surface area contributed by atoms with Gasteiger partial charge in [-0.15, -0.1) is 0 Å². The zero-order chi connectivity index (χ0) is 18.5. The third kappa shape index (κ3) is 3.87. The van der Waals surface area contributed by atoms with E-state index in [0.29, 0.717) is 11.2 Å². The largest absolute Gasteiger partial charge is 0.490 e. The maximum Gasteiger partial charge on any atom is 0.339 e. The van der Waals surface area contributed by atoms with E-state index in [1.165, 1.54) is 0 Å². The lowest BCUT2D eigenvalue weighted by Crippen LogP contribution is -2.13. The Morgan fingerprint density at radius 3 is 2.54 bits per heavy atom. The standard InChI is InChI=1S/C21H24N2O3/c1-4-16(5-2)26-17-8-6-15(7-9-17)14(3)25-21(24)19-11-13-23-20-18(19)10-12-22-20/h6-14,16H,4-5H2,1-3H3,(H,22,23). The molecule has 0 saturated carbocycles. The zero-order valence-corrected chi connectivity index (χ0v) is 15.4. The summed E-state index contributed by atoms with van der Waals surface area (Å²) in [5, 5.41) is 0.763. The maximum atomic E-state index is 12.5. The van der Waals surface area contributed by atoms with Crippen molar-refractivity contribution < 1.29 is 14.3 Å². The summed E-state index contributed by atoms with van der Waals surface area (Å²) in [4.78, 5) is 19.7. The number of aromatic amines is 1. The van der Waals surface area contributed by atoms with Crippen LogP contribution in [0.3, 0.4) is 0 Å². The minimum absolute atomic E-state index is 0.228. The third-order valence-electron chi connectivity index (χ3n) is 4.53. The van der Waals surface area contributed by atoms with Gasteiger partial charge in [-0.05, 0) is 49.6 Å². The van der Waals surface area contributed by atoms with Gasteiger partial charge < -0.3 is 14.5 Å². The average Bonchev–Trinajstić information content (AvgIpc) is 3.15. The molecule has 0 spiro atoms. The summed E-state index contributed by atoms with van der Waals surface area (Å²) in [5.41, 5.74) is 2.11. The van der Waals surface area contributed by atoms with Gasteiger partial charge >= 0.3 is 5.97 Å². The lowest BCUT2D eigenvalue weighted by atomic mass is 10.1. The van der Waals surface area contributed by atoms with E-state index in [2.05, 4.69) is 23.8 Å². The third-order valence-corrected chi connectivity index (χ3v) is 4.53. The second-order valence-corrected chi connectivity index (χ2v) is 6.27. The van der Waals surface area contributed by atoms with Gasteiger partial charge in [-0.1, -0.05) is 26.0 Å². The lowest BCUT2D eigenvalue weighted by molar-refractivity contribution is 0.0340. The first-order valence-corrected chi connectivity index (χ1v) is 9.02. The fourth-order valence-electron chi connectivity index (χ4n) is 2.90. The highest BCUT2D eigenvalue weighted by molar-refractivity contribution is 6.02. The molecule has 0 radical (unpaired) electrons. The molecule has 2 aromatic heterocycles. The number of hydrogen-bond donors (Lipinski definition) is 1. The van der Waals surface area contributed by atoms with E-state index in [1.807, 2.05) is 37.3 Å². The number of nitrogens with zero attached hydrogens (tertiary/aromatic N) is 1. The highest BCUT2D eigenvalue weighted by Crippen LogP contribution is 2.24. The van der Waals surface area contributed by atoms with Crippen LogP contribution in [0.5, 0.6) is 5.75 Å². The first kappa shape index (κ1) is 18.0. The number of carbonyl (C=O) groups excluding carboxylic acids is 1. The summed E-state index contributed by atoms with van der Waals surface area (Å²) in [7, 11) is 0. The van der Waals surface area contributed by atoms with Crippen molar-refractivity contribution in [3.05, 3.63) is 59.9 Å². The van der Waals surface area contributed by atoms with Gasteiger partial charge in [0, 0.05) is 17.8 Å². The van der Waals surface area contributed by atoms with E-state index in [-0.39, 0.29) is 18.2 Å². The molecule has 3 rings (SSSR count). The number of aromatic nitrogens is 2. The number of benzene rings is 1. The minimum Gasteiger partial charge on any atom is -0.490 e.